The Morgan fingerprint density at radius 3 is 2.68 bits per heavy atom. The zero-order valence-corrected chi connectivity index (χ0v) is 11.2. The first kappa shape index (κ1) is 13.5. The predicted octanol–water partition coefficient (Wildman–Crippen LogP) is 3.97. The standard InChI is InChI=1S/C13H13FN2O2S/c1-2-10-4-5-11(19-10)8-15-13-7-9(16(17)18)3-6-12(13)14/h3-7,15H,2,8H2,1H3. The molecular formula is C13H13FN2O2S. The van der Waals surface area contributed by atoms with Crippen LogP contribution in [0.15, 0.2) is 30.3 Å². The van der Waals surface area contributed by atoms with E-state index in [-0.39, 0.29) is 11.4 Å². The van der Waals surface area contributed by atoms with E-state index in [1.807, 2.05) is 12.1 Å². The lowest BCUT2D eigenvalue weighted by molar-refractivity contribution is -0.384. The minimum atomic E-state index is -0.537. The van der Waals surface area contributed by atoms with Crippen molar-refractivity contribution in [1.29, 1.82) is 0 Å². The number of nitro benzene ring substituents is 1. The second-order valence-electron chi connectivity index (χ2n) is 4.00. The minimum absolute atomic E-state index is 0.121. The van der Waals surface area contributed by atoms with Crippen molar-refractivity contribution in [3.05, 3.63) is 56.0 Å². The van der Waals surface area contributed by atoms with E-state index in [0.29, 0.717) is 6.54 Å². The van der Waals surface area contributed by atoms with Crippen molar-refractivity contribution in [1.82, 2.24) is 0 Å². The molecule has 1 aromatic heterocycles. The van der Waals surface area contributed by atoms with E-state index >= 15 is 0 Å². The molecule has 2 aromatic rings. The molecule has 0 fully saturated rings. The van der Waals surface area contributed by atoms with Gasteiger partial charge in [-0.1, -0.05) is 6.92 Å². The fourth-order valence-corrected chi connectivity index (χ4v) is 2.55. The molecule has 6 heteroatoms. The van der Waals surface area contributed by atoms with E-state index in [2.05, 4.69) is 12.2 Å². The molecule has 19 heavy (non-hydrogen) atoms. The van der Waals surface area contributed by atoms with Gasteiger partial charge in [-0.15, -0.1) is 11.3 Å². The molecule has 0 aliphatic rings. The van der Waals surface area contributed by atoms with E-state index in [0.717, 1.165) is 23.4 Å². The molecule has 0 aliphatic carbocycles. The van der Waals surface area contributed by atoms with Crippen LogP contribution < -0.4 is 5.32 Å². The van der Waals surface area contributed by atoms with Crippen LogP contribution in [0.2, 0.25) is 0 Å². The third-order valence-electron chi connectivity index (χ3n) is 2.68. The van der Waals surface area contributed by atoms with Gasteiger partial charge < -0.3 is 5.32 Å². The van der Waals surface area contributed by atoms with Gasteiger partial charge in [-0.2, -0.15) is 0 Å². The van der Waals surface area contributed by atoms with Crippen molar-refractivity contribution < 1.29 is 9.31 Å². The molecule has 100 valence electrons. The number of nitro groups is 1. The summed E-state index contributed by atoms with van der Waals surface area (Å²) in [5, 5.41) is 13.5. The maximum absolute atomic E-state index is 13.5. The van der Waals surface area contributed by atoms with Gasteiger partial charge in [0.2, 0.25) is 0 Å². The summed E-state index contributed by atoms with van der Waals surface area (Å²) in [6.07, 6.45) is 0.968. The summed E-state index contributed by atoms with van der Waals surface area (Å²) in [6.45, 7) is 2.53. The number of aryl methyl sites for hydroxylation is 1. The predicted molar refractivity (Wildman–Crippen MR) is 74.1 cm³/mol. The summed E-state index contributed by atoms with van der Waals surface area (Å²) < 4.78 is 13.5. The number of nitrogens with zero attached hydrogens (tertiary/aromatic N) is 1. The Morgan fingerprint density at radius 1 is 1.32 bits per heavy atom. The minimum Gasteiger partial charge on any atom is -0.378 e. The first-order valence-corrected chi connectivity index (χ1v) is 6.67. The molecule has 2 rings (SSSR count). The quantitative estimate of drug-likeness (QED) is 0.666. The average Bonchev–Trinajstić information content (AvgIpc) is 2.85. The fraction of sp³-hybridized carbons (Fsp3) is 0.231. The van der Waals surface area contributed by atoms with Crippen molar-refractivity contribution in [2.75, 3.05) is 5.32 Å². The van der Waals surface area contributed by atoms with E-state index in [1.54, 1.807) is 11.3 Å². The molecule has 0 aliphatic heterocycles. The fourth-order valence-electron chi connectivity index (χ4n) is 1.65. The number of hydrogen-bond donors (Lipinski definition) is 1. The molecule has 4 nitrogen and oxygen atoms in total. The third kappa shape index (κ3) is 3.29. The Kier molecular flexibility index (Phi) is 4.11. The zero-order valence-electron chi connectivity index (χ0n) is 10.4. The van der Waals surface area contributed by atoms with Crippen molar-refractivity contribution in [3.8, 4) is 0 Å². The molecule has 0 spiro atoms. The van der Waals surface area contributed by atoms with Crippen LogP contribution in [0.25, 0.3) is 0 Å². The van der Waals surface area contributed by atoms with Gasteiger partial charge >= 0.3 is 0 Å². The lowest BCUT2D eigenvalue weighted by atomic mass is 10.2. The molecule has 0 unspecified atom stereocenters. The number of halogens is 1. The van der Waals surface area contributed by atoms with Crippen LogP contribution >= 0.6 is 11.3 Å². The highest BCUT2D eigenvalue weighted by atomic mass is 32.1. The lowest BCUT2D eigenvalue weighted by Crippen LogP contribution is -2.01. The normalized spacial score (nSPS) is 10.4. The number of nitrogens with one attached hydrogen (secondary N) is 1. The number of anilines is 1. The van der Waals surface area contributed by atoms with Gasteiger partial charge in [0.1, 0.15) is 5.82 Å². The van der Waals surface area contributed by atoms with Crippen LogP contribution in [-0.2, 0) is 13.0 Å². The Balaban J connectivity index is 2.10. The smallest absolute Gasteiger partial charge is 0.271 e. The van der Waals surface area contributed by atoms with Gasteiger partial charge in [-0.05, 0) is 24.6 Å². The highest BCUT2D eigenvalue weighted by Crippen LogP contribution is 2.23. The van der Waals surface area contributed by atoms with Gasteiger partial charge in [0, 0.05) is 28.4 Å². The first-order chi connectivity index (χ1) is 9.10. The summed E-state index contributed by atoms with van der Waals surface area (Å²) in [4.78, 5) is 12.4. The van der Waals surface area contributed by atoms with Crippen LogP contribution in [0.5, 0.6) is 0 Å². The molecule has 0 bridgehead atoms. The third-order valence-corrected chi connectivity index (χ3v) is 3.91. The average molecular weight is 280 g/mol. The molecule has 1 N–H and O–H groups in total. The van der Waals surface area contributed by atoms with Gasteiger partial charge in [0.25, 0.3) is 5.69 Å². The largest absolute Gasteiger partial charge is 0.378 e. The molecule has 0 saturated heterocycles. The number of rotatable bonds is 5. The maximum Gasteiger partial charge on any atom is 0.271 e. The lowest BCUT2D eigenvalue weighted by Gasteiger charge is -2.05. The highest BCUT2D eigenvalue weighted by molar-refractivity contribution is 7.12. The number of non-ortho nitro benzene ring substituents is 1. The number of hydrogen-bond acceptors (Lipinski definition) is 4. The van der Waals surface area contributed by atoms with E-state index < -0.39 is 10.7 Å². The van der Waals surface area contributed by atoms with Gasteiger partial charge in [0.15, 0.2) is 0 Å². The van der Waals surface area contributed by atoms with Crippen LogP contribution in [-0.4, -0.2) is 4.92 Å². The summed E-state index contributed by atoms with van der Waals surface area (Å²) >= 11 is 1.65. The second kappa shape index (κ2) is 5.79. The molecule has 0 saturated carbocycles. The number of benzene rings is 1. The van der Waals surface area contributed by atoms with Gasteiger partial charge in [-0.25, -0.2) is 4.39 Å². The molecule has 0 amide bonds. The molecule has 0 atom stereocenters. The topological polar surface area (TPSA) is 55.2 Å². The Morgan fingerprint density at radius 2 is 2.05 bits per heavy atom. The van der Waals surface area contributed by atoms with Gasteiger partial charge in [0.05, 0.1) is 10.6 Å². The van der Waals surface area contributed by atoms with E-state index in [9.17, 15) is 14.5 Å². The molecule has 0 radical (unpaired) electrons. The van der Waals surface area contributed by atoms with Crippen molar-refractivity contribution >= 4 is 22.7 Å². The molecule has 1 aromatic carbocycles. The summed E-state index contributed by atoms with van der Waals surface area (Å²) in [5.74, 6) is -0.488. The van der Waals surface area contributed by atoms with Crippen LogP contribution in [0.4, 0.5) is 15.8 Å². The zero-order chi connectivity index (χ0) is 13.8. The molecule has 1 heterocycles. The first-order valence-electron chi connectivity index (χ1n) is 5.85. The van der Waals surface area contributed by atoms with Crippen LogP contribution in [0, 0.1) is 15.9 Å². The summed E-state index contributed by atoms with van der Waals surface area (Å²) in [5.41, 5.74) is 0.0324. The van der Waals surface area contributed by atoms with Crippen LogP contribution in [0.1, 0.15) is 16.7 Å². The summed E-state index contributed by atoms with van der Waals surface area (Å²) in [6, 6.07) is 7.48. The monoisotopic (exact) mass is 280 g/mol. The van der Waals surface area contributed by atoms with E-state index in [4.69, 9.17) is 0 Å². The SMILES string of the molecule is CCc1ccc(CNc2cc([N+](=O)[O-])ccc2F)s1. The second-order valence-corrected chi connectivity index (χ2v) is 5.25. The Bertz CT molecular complexity index is 598. The van der Waals surface area contributed by atoms with E-state index in [1.165, 1.54) is 10.9 Å². The van der Waals surface area contributed by atoms with Crippen LogP contribution in [0.3, 0.4) is 0 Å². The Hall–Kier alpha value is -1.95. The van der Waals surface area contributed by atoms with Gasteiger partial charge in [-0.3, -0.25) is 10.1 Å². The molecular weight excluding hydrogens is 267 g/mol. The van der Waals surface area contributed by atoms with Crippen molar-refractivity contribution in [2.45, 2.75) is 19.9 Å². The van der Waals surface area contributed by atoms with Crippen molar-refractivity contribution in [3.63, 3.8) is 0 Å². The summed E-state index contributed by atoms with van der Waals surface area (Å²) in [7, 11) is 0. The highest BCUT2D eigenvalue weighted by Gasteiger charge is 2.10. The number of thiophene rings is 1. The Labute approximate surface area is 114 Å². The van der Waals surface area contributed by atoms with Crippen molar-refractivity contribution in [2.24, 2.45) is 0 Å². The maximum atomic E-state index is 13.5.